The van der Waals surface area contributed by atoms with Gasteiger partial charge in [-0.2, -0.15) is 0 Å². The lowest BCUT2D eigenvalue weighted by atomic mass is 9.63. The van der Waals surface area contributed by atoms with Gasteiger partial charge < -0.3 is 0 Å². The van der Waals surface area contributed by atoms with E-state index in [0.29, 0.717) is 5.78 Å². The molecule has 1 aliphatic rings. The number of carbonyl (C=O) groups excluding carboxylic acids is 1. The van der Waals surface area contributed by atoms with Crippen molar-refractivity contribution in [2.45, 2.75) is 65.7 Å². The summed E-state index contributed by atoms with van der Waals surface area (Å²) in [7, 11) is 0. The van der Waals surface area contributed by atoms with E-state index in [-0.39, 0.29) is 5.41 Å². The summed E-state index contributed by atoms with van der Waals surface area (Å²) in [6.07, 6.45) is 9.71. The summed E-state index contributed by atoms with van der Waals surface area (Å²) in [5.41, 5.74) is 1.39. The van der Waals surface area contributed by atoms with E-state index in [1.807, 2.05) is 0 Å². The van der Waals surface area contributed by atoms with Crippen LogP contribution in [0.1, 0.15) is 65.7 Å². The van der Waals surface area contributed by atoms with Gasteiger partial charge in [-0.3, -0.25) is 4.79 Å². The van der Waals surface area contributed by atoms with Gasteiger partial charge in [0.2, 0.25) is 0 Å². The summed E-state index contributed by atoms with van der Waals surface area (Å²) in [6, 6.07) is 0. The normalized spacial score (nSPS) is 18.1. The Bertz CT molecular complexity index is 242. The van der Waals surface area contributed by atoms with E-state index in [0.717, 1.165) is 38.5 Å². The van der Waals surface area contributed by atoms with Gasteiger partial charge in [-0.05, 0) is 39.5 Å². The lowest BCUT2D eigenvalue weighted by Crippen LogP contribution is -2.37. The van der Waals surface area contributed by atoms with E-state index >= 15 is 0 Å². The van der Waals surface area contributed by atoms with Crippen LogP contribution in [-0.2, 0) is 4.79 Å². The van der Waals surface area contributed by atoms with E-state index < -0.39 is 0 Å². The number of hydrogen-bond donors (Lipinski definition) is 0. The standard InChI is InChI=1S/C14H24O/c1-4-5-7-13(15)14(9-6-10-14)11-8-12(2)3/h8H,4-7,9-11H2,1-3H3. The Labute approximate surface area is 93.9 Å². The number of carbonyl (C=O) groups is 1. The lowest BCUT2D eigenvalue weighted by Gasteiger charge is -2.40. The third-order valence-corrected chi connectivity index (χ3v) is 3.56. The van der Waals surface area contributed by atoms with E-state index in [1.54, 1.807) is 0 Å². The molecule has 1 fully saturated rings. The maximum Gasteiger partial charge on any atom is 0.139 e. The van der Waals surface area contributed by atoms with Crippen molar-refractivity contribution in [3.05, 3.63) is 11.6 Å². The molecule has 0 aromatic rings. The smallest absolute Gasteiger partial charge is 0.139 e. The quantitative estimate of drug-likeness (QED) is 0.596. The second-order valence-electron chi connectivity index (χ2n) is 5.15. The summed E-state index contributed by atoms with van der Waals surface area (Å²) in [5, 5.41) is 0. The minimum Gasteiger partial charge on any atom is -0.299 e. The van der Waals surface area contributed by atoms with E-state index in [4.69, 9.17) is 0 Å². The molecule has 1 heteroatoms. The molecule has 0 saturated heterocycles. The highest BCUT2D eigenvalue weighted by Crippen LogP contribution is 2.46. The number of allylic oxidation sites excluding steroid dienone is 2. The predicted molar refractivity (Wildman–Crippen MR) is 64.9 cm³/mol. The highest BCUT2D eigenvalue weighted by atomic mass is 16.1. The Balaban J connectivity index is 2.52. The molecule has 0 radical (unpaired) electrons. The van der Waals surface area contributed by atoms with Crippen molar-refractivity contribution in [2.75, 3.05) is 0 Å². The maximum atomic E-state index is 12.1. The zero-order valence-corrected chi connectivity index (χ0v) is 10.4. The lowest BCUT2D eigenvalue weighted by molar-refractivity contribution is -0.133. The van der Waals surface area contributed by atoms with Crippen LogP contribution in [-0.4, -0.2) is 5.78 Å². The number of Topliss-reactive ketones (excluding diaryl/α,β-unsaturated/α-hetero) is 1. The molecule has 0 aromatic carbocycles. The van der Waals surface area contributed by atoms with Crippen LogP contribution in [0.5, 0.6) is 0 Å². The van der Waals surface area contributed by atoms with Crippen molar-refractivity contribution in [1.29, 1.82) is 0 Å². The molecule has 0 heterocycles. The fourth-order valence-electron chi connectivity index (χ4n) is 2.20. The fourth-order valence-corrected chi connectivity index (χ4v) is 2.20. The molecule has 0 bridgehead atoms. The van der Waals surface area contributed by atoms with Crippen LogP contribution < -0.4 is 0 Å². The van der Waals surface area contributed by atoms with E-state index in [1.165, 1.54) is 12.0 Å². The molecule has 86 valence electrons. The van der Waals surface area contributed by atoms with Crippen LogP contribution in [0.25, 0.3) is 0 Å². The van der Waals surface area contributed by atoms with Gasteiger partial charge in [-0.25, -0.2) is 0 Å². The molecule has 15 heavy (non-hydrogen) atoms. The van der Waals surface area contributed by atoms with Gasteiger partial charge in [-0.15, -0.1) is 0 Å². The van der Waals surface area contributed by atoms with E-state index in [2.05, 4.69) is 26.8 Å². The van der Waals surface area contributed by atoms with Crippen molar-refractivity contribution >= 4 is 5.78 Å². The van der Waals surface area contributed by atoms with Crippen molar-refractivity contribution in [2.24, 2.45) is 5.41 Å². The summed E-state index contributed by atoms with van der Waals surface area (Å²) in [6.45, 7) is 6.38. The average molecular weight is 208 g/mol. The van der Waals surface area contributed by atoms with Crippen LogP contribution >= 0.6 is 0 Å². The molecule has 0 spiro atoms. The minimum atomic E-state index is 0.0481. The highest BCUT2D eigenvalue weighted by Gasteiger charge is 2.41. The second-order valence-corrected chi connectivity index (χ2v) is 5.15. The van der Waals surface area contributed by atoms with Crippen molar-refractivity contribution in [3.8, 4) is 0 Å². The molecule has 0 aromatic heterocycles. The largest absolute Gasteiger partial charge is 0.299 e. The first-order valence-corrected chi connectivity index (χ1v) is 6.27. The molecule has 1 saturated carbocycles. The van der Waals surface area contributed by atoms with Crippen LogP contribution in [0.4, 0.5) is 0 Å². The topological polar surface area (TPSA) is 17.1 Å². The SMILES string of the molecule is CCCCC(=O)C1(CC=C(C)C)CCC1. The zero-order chi connectivity index (χ0) is 11.3. The van der Waals surface area contributed by atoms with Crippen molar-refractivity contribution in [1.82, 2.24) is 0 Å². The van der Waals surface area contributed by atoms with Crippen molar-refractivity contribution in [3.63, 3.8) is 0 Å². The van der Waals surface area contributed by atoms with Gasteiger partial charge in [-0.1, -0.05) is 31.4 Å². The first-order chi connectivity index (χ1) is 7.10. The van der Waals surface area contributed by atoms with Crippen LogP contribution in [0, 0.1) is 5.41 Å². The third kappa shape index (κ3) is 3.19. The molecule has 1 rings (SSSR count). The first-order valence-electron chi connectivity index (χ1n) is 6.27. The maximum absolute atomic E-state index is 12.1. The second kappa shape index (κ2) is 5.48. The third-order valence-electron chi connectivity index (χ3n) is 3.56. The number of ketones is 1. The number of hydrogen-bond acceptors (Lipinski definition) is 1. The summed E-state index contributed by atoms with van der Waals surface area (Å²) in [4.78, 5) is 12.1. The van der Waals surface area contributed by atoms with Gasteiger partial charge in [0.05, 0.1) is 0 Å². The number of unbranched alkanes of at least 4 members (excludes halogenated alkanes) is 1. The van der Waals surface area contributed by atoms with Gasteiger partial charge in [0.1, 0.15) is 5.78 Å². The zero-order valence-electron chi connectivity index (χ0n) is 10.4. The Morgan fingerprint density at radius 1 is 1.33 bits per heavy atom. The van der Waals surface area contributed by atoms with Gasteiger partial charge in [0.25, 0.3) is 0 Å². The van der Waals surface area contributed by atoms with Crippen LogP contribution in [0.3, 0.4) is 0 Å². The molecule has 0 N–H and O–H groups in total. The van der Waals surface area contributed by atoms with E-state index in [9.17, 15) is 4.79 Å². The molecule has 0 atom stereocenters. The van der Waals surface area contributed by atoms with Crippen LogP contribution in [0.2, 0.25) is 0 Å². The number of rotatable bonds is 6. The fraction of sp³-hybridized carbons (Fsp3) is 0.786. The molecule has 0 aliphatic heterocycles. The molecule has 1 nitrogen and oxygen atoms in total. The Morgan fingerprint density at radius 3 is 2.40 bits per heavy atom. The molecule has 1 aliphatic carbocycles. The Hall–Kier alpha value is -0.590. The molecular weight excluding hydrogens is 184 g/mol. The summed E-state index contributed by atoms with van der Waals surface area (Å²) >= 11 is 0. The monoisotopic (exact) mass is 208 g/mol. The summed E-state index contributed by atoms with van der Waals surface area (Å²) in [5.74, 6) is 0.521. The van der Waals surface area contributed by atoms with Gasteiger partial charge in [0.15, 0.2) is 0 Å². The minimum absolute atomic E-state index is 0.0481. The first kappa shape index (κ1) is 12.5. The molecule has 0 unspecified atom stereocenters. The average Bonchev–Trinajstić information content (AvgIpc) is 2.12. The molecular formula is C14H24O. The molecule has 0 amide bonds. The van der Waals surface area contributed by atoms with Gasteiger partial charge in [0, 0.05) is 11.8 Å². The Morgan fingerprint density at radius 2 is 2.00 bits per heavy atom. The van der Waals surface area contributed by atoms with Crippen molar-refractivity contribution < 1.29 is 4.79 Å². The highest BCUT2D eigenvalue weighted by molar-refractivity contribution is 5.85. The van der Waals surface area contributed by atoms with Crippen LogP contribution in [0.15, 0.2) is 11.6 Å². The Kier molecular flexibility index (Phi) is 4.56. The predicted octanol–water partition coefficient (Wildman–Crippen LogP) is 4.27. The van der Waals surface area contributed by atoms with Gasteiger partial charge >= 0.3 is 0 Å². The summed E-state index contributed by atoms with van der Waals surface area (Å²) < 4.78 is 0.